The molecule has 0 aliphatic carbocycles. The summed E-state index contributed by atoms with van der Waals surface area (Å²) < 4.78 is 1.87. The van der Waals surface area contributed by atoms with Crippen molar-refractivity contribution in [1.29, 1.82) is 0 Å². The fourth-order valence-corrected chi connectivity index (χ4v) is 2.38. The summed E-state index contributed by atoms with van der Waals surface area (Å²) in [5.41, 5.74) is 1.18. The van der Waals surface area contributed by atoms with Crippen LogP contribution in [0, 0.1) is 0 Å². The molecule has 2 rings (SSSR count). The van der Waals surface area contributed by atoms with E-state index in [-0.39, 0.29) is 0 Å². The van der Waals surface area contributed by atoms with Crippen molar-refractivity contribution in [3.63, 3.8) is 0 Å². The molecule has 3 nitrogen and oxygen atoms in total. The lowest BCUT2D eigenvalue weighted by molar-refractivity contribution is 0.629. The Kier molecular flexibility index (Phi) is 3.41. The Balaban J connectivity index is 1.83. The average Bonchev–Trinajstić information content (AvgIpc) is 2.77. The molecule has 0 unspecified atom stereocenters. The largest absolute Gasteiger partial charge is 0.306 e. The third-order valence-electron chi connectivity index (χ3n) is 2.15. The summed E-state index contributed by atoms with van der Waals surface area (Å²) in [5.74, 6) is 0. The maximum Gasteiger partial charge on any atom is 0.0518 e. The minimum atomic E-state index is 0.817. The van der Waals surface area contributed by atoms with E-state index < -0.39 is 0 Å². The Morgan fingerprint density at radius 2 is 2.40 bits per heavy atom. The van der Waals surface area contributed by atoms with Gasteiger partial charge in [0.1, 0.15) is 0 Å². The number of thiophene rings is 1. The molecule has 0 spiro atoms. The van der Waals surface area contributed by atoms with Crippen molar-refractivity contribution < 1.29 is 0 Å². The Morgan fingerprint density at radius 3 is 3.00 bits per heavy atom. The fraction of sp³-hybridized carbons (Fsp3) is 0.300. The molecule has 0 saturated heterocycles. The maximum absolute atomic E-state index is 5.83. The first-order chi connectivity index (χ1) is 7.25. The summed E-state index contributed by atoms with van der Waals surface area (Å²) in [6, 6.07) is 4.00. The van der Waals surface area contributed by atoms with Crippen LogP contribution in [0.15, 0.2) is 23.7 Å². The molecule has 5 heteroatoms. The van der Waals surface area contributed by atoms with E-state index in [1.165, 1.54) is 10.6 Å². The number of aryl methyl sites for hydroxylation is 1. The lowest BCUT2D eigenvalue weighted by Crippen LogP contribution is -2.14. The summed E-state index contributed by atoms with van der Waals surface area (Å²) in [6.45, 7) is 1.68. The first-order valence-corrected chi connectivity index (χ1v) is 5.92. The highest BCUT2D eigenvalue weighted by atomic mass is 35.5. The van der Waals surface area contributed by atoms with E-state index in [9.17, 15) is 0 Å². The molecular weight excluding hydrogens is 230 g/mol. The van der Waals surface area contributed by atoms with Crippen LogP contribution in [0.25, 0.3) is 0 Å². The molecule has 0 fully saturated rings. The summed E-state index contributed by atoms with van der Waals surface area (Å²) in [5, 5.41) is 10.2. The molecule has 15 heavy (non-hydrogen) atoms. The average molecular weight is 242 g/mol. The van der Waals surface area contributed by atoms with E-state index >= 15 is 0 Å². The molecule has 0 amide bonds. The monoisotopic (exact) mass is 241 g/mol. The number of nitrogens with zero attached hydrogens (tertiary/aromatic N) is 2. The van der Waals surface area contributed by atoms with Crippen LogP contribution in [0.3, 0.4) is 0 Å². The van der Waals surface area contributed by atoms with Crippen LogP contribution in [0.4, 0.5) is 0 Å². The summed E-state index contributed by atoms with van der Waals surface area (Å²) in [4.78, 5) is 1.25. The SMILES string of the molecule is Cn1nccc1CNCc1cc(Cl)cs1. The van der Waals surface area contributed by atoms with Crippen LogP contribution in [-0.2, 0) is 20.1 Å². The first kappa shape index (κ1) is 10.7. The normalized spacial score (nSPS) is 10.8. The molecule has 0 bridgehead atoms. The van der Waals surface area contributed by atoms with Crippen molar-refractivity contribution in [1.82, 2.24) is 15.1 Å². The second-order valence-corrected chi connectivity index (χ2v) is 4.71. The van der Waals surface area contributed by atoms with Gasteiger partial charge in [-0.15, -0.1) is 11.3 Å². The predicted molar refractivity (Wildman–Crippen MR) is 63.1 cm³/mol. The minimum Gasteiger partial charge on any atom is -0.306 e. The summed E-state index contributed by atoms with van der Waals surface area (Å²) in [6.07, 6.45) is 1.80. The van der Waals surface area contributed by atoms with Gasteiger partial charge < -0.3 is 5.32 Å². The van der Waals surface area contributed by atoms with Gasteiger partial charge in [-0.1, -0.05) is 11.6 Å². The zero-order valence-corrected chi connectivity index (χ0v) is 9.98. The highest BCUT2D eigenvalue weighted by Crippen LogP contribution is 2.18. The van der Waals surface area contributed by atoms with Crippen LogP contribution < -0.4 is 5.32 Å². The van der Waals surface area contributed by atoms with Gasteiger partial charge in [-0.05, 0) is 12.1 Å². The molecule has 2 aromatic rings. The molecule has 0 atom stereocenters. The quantitative estimate of drug-likeness (QED) is 0.891. The van der Waals surface area contributed by atoms with Crippen LogP contribution in [0.5, 0.6) is 0 Å². The second kappa shape index (κ2) is 4.79. The van der Waals surface area contributed by atoms with E-state index in [0.29, 0.717) is 0 Å². The van der Waals surface area contributed by atoms with Gasteiger partial charge in [0.05, 0.1) is 10.7 Å². The predicted octanol–water partition coefficient (Wildman–Crippen LogP) is 2.42. The minimum absolute atomic E-state index is 0.817. The van der Waals surface area contributed by atoms with Gasteiger partial charge >= 0.3 is 0 Å². The molecule has 2 aromatic heterocycles. The number of hydrogen-bond acceptors (Lipinski definition) is 3. The molecule has 80 valence electrons. The van der Waals surface area contributed by atoms with Gasteiger partial charge in [0, 0.05) is 36.6 Å². The Hall–Kier alpha value is -0.840. The second-order valence-electron chi connectivity index (χ2n) is 3.28. The smallest absolute Gasteiger partial charge is 0.0518 e. The van der Waals surface area contributed by atoms with Gasteiger partial charge in [-0.3, -0.25) is 4.68 Å². The van der Waals surface area contributed by atoms with Crippen molar-refractivity contribution in [2.45, 2.75) is 13.1 Å². The number of hydrogen-bond donors (Lipinski definition) is 1. The van der Waals surface area contributed by atoms with Gasteiger partial charge in [-0.2, -0.15) is 5.10 Å². The highest BCUT2D eigenvalue weighted by molar-refractivity contribution is 7.10. The molecular formula is C10H12ClN3S. The molecule has 2 heterocycles. The Morgan fingerprint density at radius 1 is 1.53 bits per heavy atom. The van der Waals surface area contributed by atoms with Crippen molar-refractivity contribution in [3.05, 3.63) is 39.3 Å². The number of halogens is 1. The lowest BCUT2D eigenvalue weighted by Gasteiger charge is -2.03. The van der Waals surface area contributed by atoms with Gasteiger partial charge in [0.25, 0.3) is 0 Å². The summed E-state index contributed by atoms with van der Waals surface area (Å²) in [7, 11) is 1.94. The summed E-state index contributed by atoms with van der Waals surface area (Å²) >= 11 is 7.51. The first-order valence-electron chi connectivity index (χ1n) is 4.66. The van der Waals surface area contributed by atoms with Gasteiger partial charge in [0.15, 0.2) is 0 Å². The number of aromatic nitrogens is 2. The van der Waals surface area contributed by atoms with Crippen molar-refractivity contribution in [3.8, 4) is 0 Å². The Bertz CT molecular complexity index is 435. The maximum atomic E-state index is 5.83. The van der Waals surface area contributed by atoms with Crippen molar-refractivity contribution in [2.75, 3.05) is 0 Å². The molecule has 0 aliphatic rings. The molecule has 0 radical (unpaired) electrons. The van der Waals surface area contributed by atoms with Crippen LogP contribution >= 0.6 is 22.9 Å². The fourth-order valence-electron chi connectivity index (χ4n) is 1.34. The highest BCUT2D eigenvalue weighted by Gasteiger charge is 1.99. The van der Waals surface area contributed by atoms with E-state index in [4.69, 9.17) is 11.6 Å². The zero-order valence-electron chi connectivity index (χ0n) is 8.40. The topological polar surface area (TPSA) is 29.9 Å². The van der Waals surface area contributed by atoms with Crippen LogP contribution in [0.1, 0.15) is 10.6 Å². The third kappa shape index (κ3) is 2.81. The molecule has 1 N–H and O–H groups in total. The standard InChI is InChI=1S/C10H12ClN3S/c1-14-9(2-3-13-14)5-12-6-10-4-8(11)7-15-10/h2-4,7,12H,5-6H2,1H3. The lowest BCUT2D eigenvalue weighted by atomic mass is 10.4. The number of rotatable bonds is 4. The van der Waals surface area contributed by atoms with Crippen LogP contribution in [0.2, 0.25) is 5.02 Å². The van der Waals surface area contributed by atoms with E-state index in [2.05, 4.69) is 10.4 Å². The molecule has 0 aliphatic heterocycles. The third-order valence-corrected chi connectivity index (χ3v) is 3.43. The van der Waals surface area contributed by atoms with Gasteiger partial charge in [0.2, 0.25) is 0 Å². The van der Waals surface area contributed by atoms with E-state index in [1.807, 2.05) is 29.2 Å². The Labute approximate surface area is 97.7 Å². The van der Waals surface area contributed by atoms with E-state index in [1.54, 1.807) is 17.5 Å². The van der Waals surface area contributed by atoms with E-state index in [0.717, 1.165) is 18.1 Å². The zero-order chi connectivity index (χ0) is 10.7. The number of nitrogens with one attached hydrogen (secondary N) is 1. The van der Waals surface area contributed by atoms with Crippen molar-refractivity contribution in [2.24, 2.45) is 7.05 Å². The molecule has 0 saturated carbocycles. The van der Waals surface area contributed by atoms with Crippen molar-refractivity contribution >= 4 is 22.9 Å². The molecule has 0 aromatic carbocycles. The van der Waals surface area contributed by atoms with Gasteiger partial charge in [-0.25, -0.2) is 0 Å². The van der Waals surface area contributed by atoms with Crippen LogP contribution in [-0.4, -0.2) is 9.78 Å².